The lowest BCUT2D eigenvalue weighted by atomic mass is 10.2. The summed E-state index contributed by atoms with van der Waals surface area (Å²) in [7, 11) is 0. The zero-order valence-electron chi connectivity index (χ0n) is 11.4. The van der Waals surface area contributed by atoms with Crippen LogP contribution in [0.2, 0.25) is 0 Å². The van der Waals surface area contributed by atoms with Crippen molar-refractivity contribution in [1.29, 1.82) is 0 Å². The van der Waals surface area contributed by atoms with E-state index in [0.29, 0.717) is 5.69 Å². The highest BCUT2D eigenvalue weighted by Crippen LogP contribution is 2.19. The van der Waals surface area contributed by atoms with Crippen molar-refractivity contribution < 1.29 is 9.84 Å². The lowest BCUT2D eigenvalue weighted by Gasteiger charge is -2.13. The molecule has 102 valence electrons. The standard InChI is InChI=1S/C14H19N3O2/c1-4-10(2)19-13-7-5-6-12(8-13)17-9-14(11(3)18)15-16-17/h5-11,18H,4H2,1-3H3. The first-order chi connectivity index (χ1) is 9.10. The van der Waals surface area contributed by atoms with Gasteiger partial charge in [0.25, 0.3) is 0 Å². The Morgan fingerprint density at radius 3 is 2.79 bits per heavy atom. The van der Waals surface area contributed by atoms with E-state index in [-0.39, 0.29) is 6.10 Å². The van der Waals surface area contributed by atoms with E-state index in [1.165, 1.54) is 0 Å². The maximum Gasteiger partial charge on any atom is 0.121 e. The third-order valence-electron chi connectivity index (χ3n) is 2.93. The van der Waals surface area contributed by atoms with Crippen LogP contribution >= 0.6 is 0 Å². The summed E-state index contributed by atoms with van der Waals surface area (Å²) in [6.07, 6.45) is 2.24. The molecule has 2 aromatic rings. The first-order valence-corrected chi connectivity index (χ1v) is 6.47. The minimum atomic E-state index is -0.617. The van der Waals surface area contributed by atoms with Crippen LogP contribution in [-0.4, -0.2) is 26.2 Å². The Bertz CT molecular complexity index is 537. The number of rotatable bonds is 5. The predicted molar refractivity (Wildman–Crippen MR) is 72.4 cm³/mol. The molecular weight excluding hydrogens is 242 g/mol. The number of hydrogen-bond donors (Lipinski definition) is 1. The molecule has 0 saturated heterocycles. The van der Waals surface area contributed by atoms with E-state index < -0.39 is 6.10 Å². The van der Waals surface area contributed by atoms with Crippen LogP contribution in [0.25, 0.3) is 5.69 Å². The van der Waals surface area contributed by atoms with E-state index >= 15 is 0 Å². The summed E-state index contributed by atoms with van der Waals surface area (Å²) < 4.78 is 7.40. The minimum absolute atomic E-state index is 0.180. The second-order valence-electron chi connectivity index (χ2n) is 4.60. The molecule has 2 rings (SSSR count). The molecule has 5 heteroatoms. The van der Waals surface area contributed by atoms with E-state index in [0.717, 1.165) is 17.9 Å². The van der Waals surface area contributed by atoms with Crippen LogP contribution in [-0.2, 0) is 0 Å². The molecule has 2 atom stereocenters. The van der Waals surface area contributed by atoms with Crippen molar-refractivity contribution in [2.24, 2.45) is 0 Å². The van der Waals surface area contributed by atoms with Crippen molar-refractivity contribution in [1.82, 2.24) is 15.0 Å². The molecule has 0 fully saturated rings. The van der Waals surface area contributed by atoms with E-state index in [1.807, 2.05) is 31.2 Å². The summed E-state index contributed by atoms with van der Waals surface area (Å²) in [6, 6.07) is 7.66. The Balaban J connectivity index is 2.22. The van der Waals surface area contributed by atoms with Gasteiger partial charge < -0.3 is 9.84 Å². The molecule has 1 aromatic heterocycles. The molecule has 0 aliphatic rings. The molecule has 0 radical (unpaired) electrons. The molecule has 1 heterocycles. The van der Waals surface area contributed by atoms with E-state index in [1.54, 1.807) is 17.8 Å². The molecule has 0 bridgehead atoms. The van der Waals surface area contributed by atoms with Gasteiger partial charge in [0.05, 0.1) is 24.1 Å². The second-order valence-corrected chi connectivity index (χ2v) is 4.60. The van der Waals surface area contributed by atoms with Gasteiger partial charge in [0.2, 0.25) is 0 Å². The molecule has 1 aromatic carbocycles. The quantitative estimate of drug-likeness (QED) is 0.898. The van der Waals surface area contributed by atoms with Gasteiger partial charge in [-0.1, -0.05) is 18.2 Å². The van der Waals surface area contributed by atoms with Gasteiger partial charge in [-0.2, -0.15) is 0 Å². The highest BCUT2D eigenvalue weighted by molar-refractivity contribution is 5.38. The number of aliphatic hydroxyl groups is 1. The average molecular weight is 261 g/mol. The summed E-state index contributed by atoms with van der Waals surface area (Å²) in [5.74, 6) is 0.806. The molecule has 2 unspecified atom stereocenters. The number of benzene rings is 1. The number of aromatic nitrogens is 3. The Kier molecular flexibility index (Phi) is 4.16. The van der Waals surface area contributed by atoms with Crippen LogP contribution in [0.3, 0.4) is 0 Å². The van der Waals surface area contributed by atoms with Gasteiger partial charge in [-0.15, -0.1) is 5.10 Å². The zero-order chi connectivity index (χ0) is 13.8. The molecule has 19 heavy (non-hydrogen) atoms. The number of nitrogens with zero attached hydrogens (tertiary/aromatic N) is 3. The summed E-state index contributed by atoms with van der Waals surface area (Å²) in [5.41, 5.74) is 1.41. The monoisotopic (exact) mass is 261 g/mol. The van der Waals surface area contributed by atoms with Gasteiger partial charge in [-0.25, -0.2) is 4.68 Å². The smallest absolute Gasteiger partial charge is 0.121 e. The third kappa shape index (κ3) is 3.32. The third-order valence-corrected chi connectivity index (χ3v) is 2.93. The van der Waals surface area contributed by atoms with E-state index in [2.05, 4.69) is 17.2 Å². The topological polar surface area (TPSA) is 60.2 Å². The molecule has 5 nitrogen and oxygen atoms in total. The maximum atomic E-state index is 9.45. The molecular formula is C14H19N3O2. The zero-order valence-corrected chi connectivity index (χ0v) is 11.4. The van der Waals surface area contributed by atoms with Gasteiger partial charge in [-0.3, -0.25) is 0 Å². The largest absolute Gasteiger partial charge is 0.491 e. The predicted octanol–water partition coefficient (Wildman–Crippen LogP) is 2.50. The van der Waals surface area contributed by atoms with Crippen molar-refractivity contribution in [3.8, 4) is 11.4 Å². The van der Waals surface area contributed by atoms with Crippen LogP contribution in [0.5, 0.6) is 5.75 Å². The number of hydrogen-bond acceptors (Lipinski definition) is 4. The second kappa shape index (κ2) is 5.84. The van der Waals surface area contributed by atoms with Crippen LogP contribution in [0.15, 0.2) is 30.5 Å². The number of aliphatic hydroxyl groups excluding tert-OH is 1. The fourth-order valence-corrected chi connectivity index (χ4v) is 1.61. The lowest BCUT2D eigenvalue weighted by Crippen LogP contribution is -2.09. The number of ether oxygens (including phenoxy) is 1. The molecule has 1 N–H and O–H groups in total. The van der Waals surface area contributed by atoms with Crippen LogP contribution in [0.1, 0.15) is 39.0 Å². The van der Waals surface area contributed by atoms with E-state index in [4.69, 9.17) is 4.74 Å². The van der Waals surface area contributed by atoms with Crippen molar-refractivity contribution in [2.75, 3.05) is 0 Å². The van der Waals surface area contributed by atoms with Gasteiger partial charge >= 0.3 is 0 Å². The van der Waals surface area contributed by atoms with Crippen LogP contribution < -0.4 is 4.74 Å². The summed E-state index contributed by atoms with van der Waals surface area (Å²) in [4.78, 5) is 0. The van der Waals surface area contributed by atoms with Crippen molar-refractivity contribution in [3.63, 3.8) is 0 Å². The molecule has 0 spiro atoms. The fourth-order valence-electron chi connectivity index (χ4n) is 1.61. The Morgan fingerprint density at radius 1 is 1.37 bits per heavy atom. The van der Waals surface area contributed by atoms with Gasteiger partial charge in [0, 0.05) is 6.07 Å². The van der Waals surface area contributed by atoms with Gasteiger partial charge in [0.15, 0.2) is 0 Å². The van der Waals surface area contributed by atoms with Crippen molar-refractivity contribution >= 4 is 0 Å². The SMILES string of the molecule is CCC(C)Oc1cccc(-n2cc(C(C)O)nn2)c1. The van der Waals surface area contributed by atoms with Gasteiger partial charge in [0.1, 0.15) is 11.4 Å². The Labute approximate surface area is 112 Å². The normalized spacial score (nSPS) is 14.1. The average Bonchev–Trinajstić information content (AvgIpc) is 2.88. The van der Waals surface area contributed by atoms with Crippen LogP contribution in [0.4, 0.5) is 0 Å². The highest BCUT2D eigenvalue weighted by atomic mass is 16.5. The Hall–Kier alpha value is -1.88. The molecule has 0 aliphatic heterocycles. The molecule has 0 aliphatic carbocycles. The van der Waals surface area contributed by atoms with Gasteiger partial charge in [-0.05, 0) is 32.4 Å². The Morgan fingerprint density at radius 2 is 2.16 bits per heavy atom. The van der Waals surface area contributed by atoms with Crippen molar-refractivity contribution in [3.05, 3.63) is 36.2 Å². The maximum absolute atomic E-state index is 9.45. The van der Waals surface area contributed by atoms with Crippen LogP contribution in [0, 0.1) is 0 Å². The first-order valence-electron chi connectivity index (χ1n) is 6.47. The van der Waals surface area contributed by atoms with Crippen molar-refractivity contribution in [2.45, 2.75) is 39.4 Å². The molecule has 0 saturated carbocycles. The lowest BCUT2D eigenvalue weighted by molar-refractivity contribution is 0.194. The highest BCUT2D eigenvalue weighted by Gasteiger charge is 2.08. The summed E-state index contributed by atoms with van der Waals surface area (Å²) >= 11 is 0. The minimum Gasteiger partial charge on any atom is -0.491 e. The van der Waals surface area contributed by atoms with E-state index in [9.17, 15) is 5.11 Å². The molecule has 0 amide bonds. The summed E-state index contributed by atoms with van der Waals surface area (Å²) in [5, 5.41) is 17.4. The summed E-state index contributed by atoms with van der Waals surface area (Å²) in [6.45, 7) is 5.78. The first kappa shape index (κ1) is 13.5. The fraction of sp³-hybridized carbons (Fsp3) is 0.429.